The molecule has 2 nitrogen and oxygen atoms in total. The molecule has 0 spiro atoms. The van der Waals surface area contributed by atoms with Crippen LogP contribution < -0.4 is 5.32 Å². The van der Waals surface area contributed by atoms with Crippen molar-refractivity contribution in [2.45, 2.75) is 22.4 Å². The van der Waals surface area contributed by atoms with Crippen LogP contribution in [-0.2, 0) is 0 Å². The van der Waals surface area contributed by atoms with E-state index in [0.717, 1.165) is 11.8 Å². The van der Waals surface area contributed by atoms with Crippen molar-refractivity contribution in [1.82, 2.24) is 10.3 Å². The lowest BCUT2D eigenvalue weighted by Gasteiger charge is -2.20. The lowest BCUT2D eigenvalue weighted by Crippen LogP contribution is -2.31. The second-order valence-electron chi connectivity index (χ2n) is 2.88. The van der Waals surface area contributed by atoms with Crippen molar-refractivity contribution in [3.05, 3.63) is 11.6 Å². The molecule has 2 rings (SSSR count). The molecule has 0 unspecified atom stereocenters. The highest BCUT2D eigenvalue weighted by molar-refractivity contribution is 8.01. The molecule has 1 aliphatic heterocycles. The number of nitrogens with zero attached hydrogens (tertiary/aromatic N) is 1. The van der Waals surface area contributed by atoms with Gasteiger partial charge >= 0.3 is 0 Å². The molecule has 1 saturated heterocycles. The van der Waals surface area contributed by atoms with Gasteiger partial charge in [0, 0.05) is 23.4 Å². The highest BCUT2D eigenvalue weighted by Gasteiger charge is 2.14. The van der Waals surface area contributed by atoms with Gasteiger partial charge in [-0.2, -0.15) is 0 Å². The fourth-order valence-electron chi connectivity index (χ4n) is 1.33. The van der Waals surface area contributed by atoms with Gasteiger partial charge in [0.15, 0.2) is 0 Å². The van der Waals surface area contributed by atoms with E-state index in [9.17, 15) is 0 Å². The minimum atomic E-state index is 0.741. The van der Waals surface area contributed by atoms with Gasteiger partial charge in [-0.1, -0.05) is 11.8 Å². The Morgan fingerprint density at radius 2 is 2.67 bits per heavy atom. The molecule has 1 N–H and O–H groups in total. The third-order valence-electron chi connectivity index (χ3n) is 1.93. The Balaban J connectivity index is 1.86. The summed E-state index contributed by atoms with van der Waals surface area (Å²) in [5, 5.41) is 6.18. The Labute approximate surface area is 80.8 Å². The van der Waals surface area contributed by atoms with Gasteiger partial charge in [-0.05, 0) is 19.4 Å². The first-order valence-corrected chi connectivity index (χ1v) is 5.98. The van der Waals surface area contributed by atoms with Crippen molar-refractivity contribution >= 4 is 23.1 Å². The molecule has 2 heterocycles. The molecule has 1 atom stereocenters. The maximum Gasteiger partial charge on any atom is 0.150 e. The first-order chi connectivity index (χ1) is 5.95. The summed E-state index contributed by atoms with van der Waals surface area (Å²) in [5.41, 5.74) is 0. The molecule has 0 radical (unpaired) electrons. The van der Waals surface area contributed by atoms with Crippen LogP contribution in [0.1, 0.15) is 12.8 Å². The molecule has 1 aromatic heterocycles. The molecule has 0 saturated carbocycles. The van der Waals surface area contributed by atoms with Crippen LogP contribution in [0.2, 0.25) is 0 Å². The summed E-state index contributed by atoms with van der Waals surface area (Å²) in [7, 11) is 0. The molecule has 1 fully saturated rings. The number of aromatic nitrogens is 1. The van der Waals surface area contributed by atoms with Gasteiger partial charge in [0.05, 0.1) is 0 Å². The van der Waals surface area contributed by atoms with E-state index in [4.69, 9.17) is 0 Å². The van der Waals surface area contributed by atoms with Crippen LogP contribution >= 0.6 is 23.1 Å². The third-order valence-corrected chi connectivity index (χ3v) is 4.11. The zero-order valence-electron chi connectivity index (χ0n) is 6.82. The Kier molecular flexibility index (Phi) is 3.03. The summed E-state index contributed by atoms with van der Waals surface area (Å²) in [5.74, 6) is 0. The van der Waals surface area contributed by atoms with Gasteiger partial charge in [0.2, 0.25) is 0 Å². The number of piperidine rings is 1. The van der Waals surface area contributed by atoms with Crippen LogP contribution in [0.5, 0.6) is 0 Å². The van der Waals surface area contributed by atoms with Crippen LogP contribution in [0.4, 0.5) is 0 Å². The van der Waals surface area contributed by atoms with Gasteiger partial charge in [0.25, 0.3) is 0 Å². The predicted octanol–water partition coefficient (Wildman–Crippen LogP) is 1.99. The predicted molar refractivity (Wildman–Crippen MR) is 53.9 cm³/mol. The highest BCUT2D eigenvalue weighted by atomic mass is 32.2. The number of hydrogen-bond donors (Lipinski definition) is 1. The standard InChI is InChI=1S/C8H12N2S2/c1-2-7(6-9-3-1)12-8-10-4-5-11-8/h4-5,7,9H,1-3,6H2/t7-/m0/s1. The number of hydrogen-bond acceptors (Lipinski definition) is 4. The molecule has 1 aromatic rings. The average molecular weight is 200 g/mol. The smallest absolute Gasteiger partial charge is 0.150 e. The summed E-state index contributed by atoms with van der Waals surface area (Å²) in [6.07, 6.45) is 4.52. The van der Waals surface area contributed by atoms with E-state index in [2.05, 4.69) is 10.3 Å². The van der Waals surface area contributed by atoms with Crippen LogP contribution in [0.15, 0.2) is 15.9 Å². The van der Waals surface area contributed by atoms with Crippen molar-refractivity contribution in [2.75, 3.05) is 13.1 Å². The van der Waals surface area contributed by atoms with Crippen molar-refractivity contribution in [3.63, 3.8) is 0 Å². The maximum atomic E-state index is 4.26. The third kappa shape index (κ3) is 2.21. The van der Waals surface area contributed by atoms with Crippen LogP contribution in [0, 0.1) is 0 Å². The zero-order chi connectivity index (χ0) is 8.23. The summed E-state index contributed by atoms with van der Waals surface area (Å²) in [4.78, 5) is 4.26. The highest BCUT2D eigenvalue weighted by Crippen LogP contribution is 2.28. The molecular weight excluding hydrogens is 188 g/mol. The monoisotopic (exact) mass is 200 g/mol. The van der Waals surface area contributed by atoms with E-state index < -0.39 is 0 Å². The number of thioether (sulfide) groups is 1. The van der Waals surface area contributed by atoms with Crippen molar-refractivity contribution < 1.29 is 0 Å². The van der Waals surface area contributed by atoms with E-state index in [-0.39, 0.29) is 0 Å². The van der Waals surface area contributed by atoms with Crippen LogP contribution in [-0.4, -0.2) is 23.3 Å². The van der Waals surface area contributed by atoms with Gasteiger partial charge in [-0.25, -0.2) is 4.98 Å². The quantitative estimate of drug-likeness (QED) is 0.790. The van der Waals surface area contributed by atoms with Gasteiger partial charge in [-0.3, -0.25) is 0 Å². The first kappa shape index (κ1) is 8.53. The van der Waals surface area contributed by atoms with Gasteiger partial charge in [-0.15, -0.1) is 11.3 Å². The number of rotatable bonds is 2. The Hall–Kier alpha value is -0.0600. The SMILES string of the molecule is c1csc(S[C@H]2CCCNC2)n1. The van der Waals surface area contributed by atoms with Crippen LogP contribution in [0.3, 0.4) is 0 Å². The average Bonchev–Trinajstić information content (AvgIpc) is 2.59. The molecule has 4 heteroatoms. The molecule has 0 aliphatic carbocycles. The normalized spacial score (nSPS) is 24.2. The Morgan fingerprint density at radius 3 is 3.33 bits per heavy atom. The molecule has 0 aromatic carbocycles. The van der Waals surface area contributed by atoms with E-state index in [1.54, 1.807) is 11.3 Å². The summed E-state index contributed by atoms with van der Waals surface area (Å²) in [6, 6.07) is 0. The fraction of sp³-hybridized carbons (Fsp3) is 0.625. The zero-order valence-corrected chi connectivity index (χ0v) is 8.46. The fourth-order valence-corrected chi connectivity index (χ4v) is 3.38. The summed E-state index contributed by atoms with van der Waals surface area (Å²) < 4.78 is 1.21. The van der Waals surface area contributed by atoms with E-state index in [1.165, 1.54) is 23.7 Å². The molecule has 1 aliphatic rings. The minimum absolute atomic E-state index is 0.741. The molecule has 12 heavy (non-hydrogen) atoms. The summed E-state index contributed by atoms with van der Waals surface area (Å²) >= 11 is 3.66. The molecular formula is C8H12N2S2. The lowest BCUT2D eigenvalue weighted by atomic mass is 10.2. The summed E-state index contributed by atoms with van der Waals surface area (Å²) in [6.45, 7) is 2.33. The van der Waals surface area contributed by atoms with Gasteiger partial charge < -0.3 is 5.32 Å². The molecule has 0 amide bonds. The largest absolute Gasteiger partial charge is 0.316 e. The van der Waals surface area contributed by atoms with Crippen molar-refractivity contribution in [2.24, 2.45) is 0 Å². The molecule has 66 valence electrons. The maximum absolute atomic E-state index is 4.26. The second-order valence-corrected chi connectivity index (χ2v) is 5.33. The van der Waals surface area contributed by atoms with E-state index >= 15 is 0 Å². The van der Waals surface area contributed by atoms with Crippen LogP contribution in [0.25, 0.3) is 0 Å². The Morgan fingerprint density at radius 1 is 1.67 bits per heavy atom. The minimum Gasteiger partial charge on any atom is -0.316 e. The molecule has 0 bridgehead atoms. The second kappa shape index (κ2) is 4.25. The topological polar surface area (TPSA) is 24.9 Å². The Bertz CT molecular complexity index is 217. The van der Waals surface area contributed by atoms with Crippen molar-refractivity contribution in [3.8, 4) is 0 Å². The van der Waals surface area contributed by atoms with Gasteiger partial charge in [0.1, 0.15) is 4.34 Å². The number of thiazole rings is 1. The van der Waals surface area contributed by atoms with E-state index in [1.807, 2.05) is 23.3 Å². The first-order valence-electron chi connectivity index (χ1n) is 4.22. The number of nitrogens with one attached hydrogen (secondary N) is 1. The van der Waals surface area contributed by atoms with Crippen molar-refractivity contribution in [1.29, 1.82) is 0 Å². The van der Waals surface area contributed by atoms with E-state index in [0.29, 0.717) is 0 Å². The lowest BCUT2D eigenvalue weighted by molar-refractivity contribution is 0.531.